The molecule has 5 rings (SSSR count). The first-order valence-electron chi connectivity index (χ1n) is 11.5. The predicted octanol–water partition coefficient (Wildman–Crippen LogP) is 5.68. The highest BCUT2D eigenvalue weighted by Gasteiger charge is 2.36. The van der Waals surface area contributed by atoms with E-state index in [1.807, 2.05) is 11.8 Å². The van der Waals surface area contributed by atoms with E-state index in [1.54, 1.807) is 26.2 Å². The molecule has 6 nitrogen and oxygen atoms in total. The second-order valence-electron chi connectivity index (χ2n) is 9.14. The molecule has 1 fully saturated rings. The van der Waals surface area contributed by atoms with Crippen molar-refractivity contribution in [1.29, 1.82) is 0 Å². The minimum Gasteiger partial charge on any atom is -0.493 e. The third kappa shape index (κ3) is 4.35. The topological polar surface area (TPSA) is 59.5 Å². The monoisotopic (exact) mass is 490 g/mol. The number of nitrogens with one attached hydrogen (secondary N) is 1. The summed E-state index contributed by atoms with van der Waals surface area (Å²) in [4.78, 5) is 11.2. The molecule has 186 valence electrons. The van der Waals surface area contributed by atoms with Crippen LogP contribution < -0.4 is 15.0 Å². The zero-order chi connectivity index (χ0) is 24.9. The first kappa shape index (κ1) is 23.6. The third-order valence-electron chi connectivity index (χ3n) is 6.71. The van der Waals surface area contributed by atoms with Gasteiger partial charge in [0.2, 0.25) is 0 Å². The molecular weight excluding hydrogens is 464 g/mol. The molecular formula is C25H26F4N4O2. The van der Waals surface area contributed by atoms with Crippen molar-refractivity contribution in [1.82, 2.24) is 9.97 Å². The molecule has 0 unspecified atom stereocenters. The Labute approximate surface area is 200 Å². The Kier molecular flexibility index (Phi) is 5.94. The summed E-state index contributed by atoms with van der Waals surface area (Å²) in [6.07, 6.45) is -4.11. The lowest BCUT2D eigenvalue weighted by Crippen LogP contribution is -2.52. The van der Waals surface area contributed by atoms with E-state index in [0.717, 1.165) is 6.07 Å². The summed E-state index contributed by atoms with van der Waals surface area (Å²) in [5.41, 5.74) is 0.410. The predicted molar refractivity (Wildman–Crippen MR) is 125 cm³/mol. The number of ether oxygens (including phenoxy) is 2. The van der Waals surface area contributed by atoms with E-state index >= 15 is 4.39 Å². The number of rotatable bonds is 2. The van der Waals surface area contributed by atoms with Crippen LogP contribution in [0.15, 0.2) is 30.3 Å². The lowest BCUT2D eigenvalue weighted by Gasteiger charge is -2.40. The highest BCUT2D eigenvalue weighted by molar-refractivity contribution is 5.92. The van der Waals surface area contributed by atoms with E-state index in [1.165, 1.54) is 12.1 Å². The molecule has 1 saturated heterocycles. The fourth-order valence-corrected chi connectivity index (χ4v) is 4.54. The number of alkyl halides is 3. The van der Waals surface area contributed by atoms with E-state index in [0.29, 0.717) is 53.3 Å². The van der Waals surface area contributed by atoms with Gasteiger partial charge in [0.25, 0.3) is 0 Å². The molecule has 0 saturated carbocycles. The van der Waals surface area contributed by atoms with E-state index in [2.05, 4.69) is 10.3 Å². The minimum atomic E-state index is -4.55. The maximum Gasteiger partial charge on any atom is 0.419 e. The number of methoxy groups -OCH3 is 1. The molecule has 2 aliphatic heterocycles. The normalized spacial score (nSPS) is 20.9. The van der Waals surface area contributed by atoms with Crippen molar-refractivity contribution < 1.29 is 27.0 Å². The largest absolute Gasteiger partial charge is 0.493 e. The zero-order valence-corrected chi connectivity index (χ0v) is 19.6. The average Bonchev–Trinajstić information content (AvgIpc) is 2.79. The number of benzene rings is 2. The summed E-state index contributed by atoms with van der Waals surface area (Å²) in [5.74, 6) is 0.136. The SMILES string of the molecule is COC1CN(c2cc3c4nc(nc3cc2F)[C@H](C)CCOc2c(cccc2C(F)(F)F)[C@@H](C)N4)C1. The Morgan fingerprint density at radius 1 is 1.14 bits per heavy atom. The summed E-state index contributed by atoms with van der Waals surface area (Å²) >= 11 is 0. The summed E-state index contributed by atoms with van der Waals surface area (Å²) in [5, 5.41) is 3.85. The van der Waals surface area contributed by atoms with Gasteiger partial charge in [-0.3, -0.25) is 0 Å². The number of fused-ring (bicyclic) bond motifs is 5. The van der Waals surface area contributed by atoms with Gasteiger partial charge in [-0.15, -0.1) is 0 Å². The molecule has 10 heteroatoms. The van der Waals surface area contributed by atoms with Gasteiger partial charge < -0.3 is 19.7 Å². The minimum absolute atomic E-state index is 0.0446. The van der Waals surface area contributed by atoms with Crippen LogP contribution in [0.3, 0.4) is 0 Å². The number of aromatic nitrogens is 2. The van der Waals surface area contributed by atoms with Gasteiger partial charge in [0.05, 0.1) is 35.5 Å². The van der Waals surface area contributed by atoms with Gasteiger partial charge in [0.1, 0.15) is 23.2 Å². The Hall–Kier alpha value is -3.14. The summed E-state index contributed by atoms with van der Waals surface area (Å²) in [7, 11) is 1.62. The Morgan fingerprint density at radius 3 is 2.63 bits per heavy atom. The first-order valence-corrected chi connectivity index (χ1v) is 11.5. The highest BCUT2D eigenvalue weighted by atomic mass is 19.4. The van der Waals surface area contributed by atoms with Crippen LogP contribution in [-0.4, -0.2) is 42.9 Å². The molecule has 0 radical (unpaired) electrons. The van der Waals surface area contributed by atoms with E-state index in [4.69, 9.17) is 14.5 Å². The van der Waals surface area contributed by atoms with Gasteiger partial charge in [-0.25, -0.2) is 14.4 Å². The van der Waals surface area contributed by atoms with Crippen LogP contribution >= 0.6 is 0 Å². The molecule has 3 heterocycles. The van der Waals surface area contributed by atoms with E-state index < -0.39 is 23.6 Å². The van der Waals surface area contributed by atoms with Crippen LogP contribution in [-0.2, 0) is 10.9 Å². The molecule has 2 aliphatic rings. The molecule has 0 amide bonds. The van der Waals surface area contributed by atoms with Crippen LogP contribution in [0.5, 0.6) is 5.75 Å². The summed E-state index contributed by atoms with van der Waals surface area (Å²) in [6.45, 7) is 4.83. The summed E-state index contributed by atoms with van der Waals surface area (Å²) < 4.78 is 67.3. The van der Waals surface area contributed by atoms with Gasteiger partial charge in [-0.05, 0) is 25.5 Å². The molecule has 1 aromatic heterocycles. The number of nitrogens with zero attached hydrogens (tertiary/aromatic N) is 3. The van der Waals surface area contributed by atoms with Crippen molar-refractivity contribution in [3.8, 4) is 5.75 Å². The van der Waals surface area contributed by atoms with Crippen LogP contribution in [0, 0.1) is 5.82 Å². The van der Waals surface area contributed by atoms with Crippen LogP contribution in [0.1, 0.15) is 49.2 Å². The maximum atomic E-state index is 15.0. The second-order valence-corrected chi connectivity index (χ2v) is 9.14. The summed E-state index contributed by atoms with van der Waals surface area (Å²) in [6, 6.07) is 6.54. The lowest BCUT2D eigenvalue weighted by molar-refractivity contribution is -0.139. The van der Waals surface area contributed by atoms with Gasteiger partial charge >= 0.3 is 6.18 Å². The smallest absolute Gasteiger partial charge is 0.419 e. The Bertz CT molecular complexity index is 1260. The average molecular weight is 491 g/mol. The number of halogens is 4. The van der Waals surface area contributed by atoms with Gasteiger partial charge in [0, 0.05) is 43.1 Å². The third-order valence-corrected chi connectivity index (χ3v) is 6.71. The molecule has 2 aromatic carbocycles. The van der Waals surface area contributed by atoms with Crippen molar-refractivity contribution >= 4 is 22.4 Å². The maximum absolute atomic E-state index is 15.0. The molecule has 35 heavy (non-hydrogen) atoms. The number of hydrogen-bond donors (Lipinski definition) is 1. The number of para-hydroxylation sites is 1. The van der Waals surface area contributed by atoms with Crippen LogP contribution in [0.2, 0.25) is 0 Å². The Morgan fingerprint density at radius 2 is 1.91 bits per heavy atom. The number of anilines is 2. The Balaban J connectivity index is 1.62. The van der Waals surface area contributed by atoms with E-state index in [-0.39, 0.29) is 24.4 Å². The van der Waals surface area contributed by atoms with Crippen molar-refractivity contribution in [3.05, 3.63) is 53.1 Å². The van der Waals surface area contributed by atoms with Crippen LogP contribution in [0.4, 0.5) is 29.1 Å². The van der Waals surface area contributed by atoms with Crippen molar-refractivity contribution in [2.45, 2.75) is 44.5 Å². The van der Waals surface area contributed by atoms with Crippen LogP contribution in [0.25, 0.3) is 10.9 Å². The van der Waals surface area contributed by atoms with Gasteiger partial charge in [0.15, 0.2) is 0 Å². The second kappa shape index (κ2) is 8.82. The molecule has 0 aliphatic carbocycles. The number of hydrogen-bond acceptors (Lipinski definition) is 6. The highest BCUT2D eigenvalue weighted by Crippen LogP contribution is 2.42. The quantitative estimate of drug-likeness (QED) is 0.467. The fourth-order valence-electron chi connectivity index (χ4n) is 4.54. The standard InChI is InChI=1S/C25H26F4N4O2/c1-13-7-8-35-22-16(5-4-6-18(22)25(27,28)29)14(2)30-24-17-9-21(33-11-15(12-33)34-3)19(26)10-20(17)31-23(13)32-24/h4-6,9-10,13-15H,7-8,11-12H2,1-3H3,(H,30,31,32)/t13-,14-/m1/s1. The lowest BCUT2D eigenvalue weighted by atomic mass is 10.0. The van der Waals surface area contributed by atoms with Gasteiger partial charge in [-0.1, -0.05) is 19.1 Å². The van der Waals surface area contributed by atoms with Crippen molar-refractivity contribution in [2.75, 3.05) is 37.0 Å². The molecule has 0 spiro atoms. The zero-order valence-electron chi connectivity index (χ0n) is 19.6. The fraction of sp³-hybridized carbons (Fsp3) is 0.440. The van der Waals surface area contributed by atoms with Crippen molar-refractivity contribution in [2.24, 2.45) is 0 Å². The molecule has 3 aromatic rings. The molecule has 2 bridgehead atoms. The first-order chi connectivity index (χ1) is 16.7. The van der Waals surface area contributed by atoms with Gasteiger partial charge in [-0.2, -0.15) is 13.2 Å². The molecule has 2 atom stereocenters. The van der Waals surface area contributed by atoms with E-state index in [9.17, 15) is 13.2 Å². The van der Waals surface area contributed by atoms with Crippen molar-refractivity contribution in [3.63, 3.8) is 0 Å². The molecule has 1 N–H and O–H groups in total.